The van der Waals surface area contributed by atoms with Gasteiger partial charge in [0.05, 0.1) is 28.1 Å². The minimum absolute atomic E-state index is 0.0547. The Balaban J connectivity index is 1.81. The van der Waals surface area contributed by atoms with Gasteiger partial charge < -0.3 is 10.6 Å². The molecule has 0 atom stereocenters. The van der Waals surface area contributed by atoms with Crippen molar-refractivity contribution in [2.24, 2.45) is 0 Å². The summed E-state index contributed by atoms with van der Waals surface area (Å²) in [6.45, 7) is 0. The van der Waals surface area contributed by atoms with Crippen LogP contribution in [0.25, 0.3) is 11.4 Å². The molecule has 2 aromatic rings. The Kier molecular flexibility index (Phi) is 3.66. The van der Waals surface area contributed by atoms with Gasteiger partial charge in [-0.2, -0.15) is 13.2 Å². The highest BCUT2D eigenvalue weighted by Crippen LogP contribution is 2.38. The molecule has 2 aliphatic rings. The smallest absolute Gasteiger partial charge is 0.321 e. The third kappa shape index (κ3) is 2.79. The van der Waals surface area contributed by atoms with Gasteiger partial charge in [-0.1, -0.05) is 12.1 Å². The second kappa shape index (κ2) is 5.80. The molecule has 2 aromatic carbocycles. The van der Waals surface area contributed by atoms with Crippen molar-refractivity contribution in [3.8, 4) is 0 Å². The van der Waals surface area contributed by atoms with Crippen LogP contribution in [-0.2, 0) is 15.8 Å². The topological polar surface area (TPSA) is 58.2 Å². The van der Waals surface area contributed by atoms with E-state index in [0.29, 0.717) is 5.56 Å². The summed E-state index contributed by atoms with van der Waals surface area (Å²) in [5.41, 5.74) is 0.392. The summed E-state index contributed by atoms with van der Waals surface area (Å²) in [5, 5.41) is 5.12. The van der Waals surface area contributed by atoms with E-state index in [1.54, 1.807) is 0 Å². The summed E-state index contributed by atoms with van der Waals surface area (Å²) in [6.07, 6.45) is -4.49. The number of alkyl halides is 3. The van der Waals surface area contributed by atoms with E-state index in [9.17, 15) is 27.2 Å². The van der Waals surface area contributed by atoms with E-state index in [2.05, 4.69) is 10.6 Å². The highest BCUT2D eigenvalue weighted by atomic mass is 19.4. The second-order valence-electron chi connectivity index (χ2n) is 5.99. The largest absolute Gasteiger partial charge is 0.416 e. The minimum Gasteiger partial charge on any atom is -0.321 e. The maximum atomic E-state index is 13.1. The average Bonchev–Trinajstić information content (AvgIpc) is 3.14. The summed E-state index contributed by atoms with van der Waals surface area (Å²) in [6, 6.07) is 9.37. The molecule has 2 heterocycles. The van der Waals surface area contributed by atoms with Crippen LogP contribution in [0.5, 0.6) is 0 Å². The molecule has 0 saturated heterocycles. The van der Waals surface area contributed by atoms with Crippen molar-refractivity contribution in [2.75, 3.05) is 0 Å². The molecule has 0 spiro atoms. The molecule has 2 amide bonds. The molecule has 4 rings (SSSR count). The molecule has 0 unspecified atom stereocenters. The van der Waals surface area contributed by atoms with Gasteiger partial charge in [0.25, 0.3) is 11.8 Å². The van der Waals surface area contributed by atoms with Crippen molar-refractivity contribution >= 4 is 23.2 Å². The molecule has 2 N–H and O–H groups in total. The van der Waals surface area contributed by atoms with Crippen molar-refractivity contribution in [1.29, 1.82) is 0 Å². The molecule has 0 aromatic heterocycles. The van der Waals surface area contributed by atoms with E-state index in [0.717, 1.165) is 12.1 Å². The Morgan fingerprint density at radius 1 is 0.667 bits per heavy atom. The number of carbonyl (C=O) groups excluding carboxylic acids is 2. The molecule has 136 valence electrons. The lowest BCUT2D eigenvalue weighted by Gasteiger charge is -2.09. The summed E-state index contributed by atoms with van der Waals surface area (Å²) in [5.74, 6) is -1.58. The van der Waals surface area contributed by atoms with E-state index < -0.39 is 29.4 Å². The Morgan fingerprint density at radius 2 is 1.07 bits per heavy atom. The fraction of sp³-hybridized carbons (Fsp3) is 0.0526. The van der Waals surface area contributed by atoms with Crippen molar-refractivity contribution < 1.29 is 27.2 Å². The Labute approximate surface area is 150 Å². The number of carbonyl (C=O) groups is 2. The molecular weight excluding hydrogens is 364 g/mol. The van der Waals surface area contributed by atoms with Crippen LogP contribution in [0.2, 0.25) is 0 Å². The molecule has 0 radical (unpaired) electrons. The van der Waals surface area contributed by atoms with Gasteiger partial charge in [-0.05, 0) is 47.5 Å². The molecule has 8 heteroatoms. The average molecular weight is 374 g/mol. The third-order valence-electron chi connectivity index (χ3n) is 4.31. The lowest BCUT2D eigenvalue weighted by molar-refractivity contribution is -0.137. The van der Waals surface area contributed by atoms with Gasteiger partial charge in [-0.25, -0.2) is 4.39 Å². The van der Waals surface area contributed by atoms with Crippen LogP contribution in [-0.4, -0.2) is 11.8 Å². The monoisotopic (exact) mass is 374 g/mol. The van der Waals surface area contributed by atoms with Crippen LogP contribution in [0.1, 0.15) is 16.7 Å². The number of hydrogen-bond donors (Lipinski definition) is 2. The number of halogens is 4. The molecule has 4 nitrogen and oxygen atoms in total. The lowest BCUT2D eigenvalue weighted by Crippen LogP contribution is -2.21. The summed E-state index contributed by atoms with van der Waals surface area (Å²) >= 11 is 0. The van der Waals surface area contributed by atoms with Gasteiger partial charge in [0, 0.05) is 0 Å². The van der Waals surface area contributed by atoms with E-state index in [-0.39, 0.29) is 28.1 Å². The fourth-order valence-electron chi connectivity index (χ4n) is 3.06. The molecule has 0 aliphatic carbocycles. The van der Waals surface area contributed by atoms with Crippen LogP contribution in [0.15, 0.2) is 59.7 Å². The molecule has 2 aliphatic heterocycles. The number of benzene rings is 2. The molecule has 27 heavy (non-hydrogen) atoms. The van der Waals surface area contributed by atoms with Crippen LogP contribution in [0, 0.1) is 5.82 Å². The number of hydrogen-bond acceptors (Lipinski definition) is 2. The Bertz CT molecular complexity index is 1030. The van der Waals surface area contributed by atoms with E-state index >= 15 is 0 Å². The predicted octanol–water partition coefficient (Wildman–Crippen LogP) is 3.23. The van der Waals surface area contributed by atoms with Gasteiger partial charge in [0.15, 0.2) is 0 Å². The van der Waals surface area contributed by atoms with Gasteiger partial charge in [-0.15, -0.1) is 0 Å². The lowest BCUT2D eigenvalue weighted by atomic mass is 10.0. The fourth-order valence-corrected chi connectivity index (χ4v) is 3.06. The van der Waals surface area contributed by atoms with Crippen molar-refractivity contribution in [3.05, 3.63) is 82.2 Å². The van der Waals surface area contributed by atoms with Crippen LogP contribution in [0.3, 0.4) is 0 Å². The first-order valence-corrected chi connectivity index (χ1v) is 7.81. The number of rotatable bonds is 2. The maximum absolute atomic E-state index is 13.1. The SMILES string of the molecule is O=C1NC(c2ccc(C(F)(F)F)cc2)=C2C(=O)NC(c3ccc(F)cc3)=C12. The van der Waals surface area contributed by atoms with E-state index in [1.165, 1.54) is 36.4 Å². The zero-order valence-electron chi connectivity index (χ0n) is 13.4. The zero-order valence-corrected chi connectivity index (χ0v) is 13.4. The highest BCUT2D eigenvalue weighted by Gasteiger charge is 2.41. The first-order valence-electron chi connectivity index (χ1n) is 7.81. The van der Waals surface area contributed by atoms with Gasteiger partial charge in [0.1, 0.15) is 5.82 Å². The van der Waals surface area contributed by atoms with Crippen LogP contribution >= 0.6 is 0 Å². The number of nitrogens with one attached hydrogen (secondary N) is 2. The van der Waals surface area contributed by atoms with Crippen molar-refractivity contribution in [3.63, 3.8) is 0 Å². The van der Waals surface area contributed by atoms with Crippen LogP contribution < -0.4 is 10.6 Å². The van der Waals surface area contributed by atoms with E-state index in [1.807, 2.05) is 0 Å². The molecule has 0 bridgehead atoms. The van der Waals surface area contributed by atoms with Crippen molar-refractivity contribution in [1.82, 2.24) is 10.6 Å². The number of amides is 2. The first-order chi connectivity index (χ1) is 12.8. The quantitative estimate of drug-likeness (QED) is 0.793. The second-order valence-corrected chi connectivity index (χ2v) is 5.99. The zero-order chi connectivity index (χ0) is 19.3. The maximum Gasteiger partial charge on any atom is 0.416 e. The normalized spacial score (nSPS) is 16.6. The van der Waals surface area contributed by atoms with Gasteiger partial charge >= 0.3 is 6.18 Å². The molecule has 0 fully saturated rings. The molecular formula is C19H10F4N2O2. The Hall–Kier alpha value is -3.42. The minimum atomic E-state index is -4.49. The van der Waals surface area contributed by atoms with Crippen LogP contribution in [0.4, 0.5) is 17.6 Å². The van der Waals surface area contributed by atoms with Gasteiger partial charge in [0.2, 0.25) is 0 Å². The third-order valence-corrected chi connectivity index (χ3v) is 4.31. The highest BCUT2D eigenvalue weighted by molar-refractivity contribution is 6.30. The summed E-state index contributed by atoms with van der Waals surface area (Å²) in [7, 11) is 0. The van der Waals surface area contributed by atoms with Gasteiger partial charge in [-0.3, -0.25) is 9.59 Å². The predicted molar refractivity (Wildman–Crippen MR) is 88.0 cm³/mol. The van der Waals surface area contributed by atoms with E-state index in [4.69, 9.17) is 0 Å². The summed E-state index contributed by atoms with van der Waals surface area (Å²) in [4.78, 5) is 24.8. The first kappa shape index (κ1) is 17.0. The standard InChI is InChI=1S/C19H10F4N2O2/c20-12-7-3-10(4-8-12)16-14-13(17(26)25-16)15(24-18(14)27)9-1-5-11(6-2-9)19(21,22)23/h1-8H,(H,24,27)(H,25,26). The Morgan fingerprint density at radius 3 is 1.48 bits per heavy atom. The van der Waals surface area contributed by atoms with Crippen molar-refractivity contribution in [2.45, 2.75) is 6.18 Å². The summed E-state index contributed by atoms with van der Waals surface area (Å²) < 4.78 is 51.3. The molecule has 0 saturated carbocycles. The number of fused-ring (bicyclic) bond motifs is 1.